The molecule has 2 aromatic rings. The number of nitrogens with one attached hydrogen (secondary N) is 1. The highest BCUT2D eigenvalue weighted by atomic mass is 35.5. The third-order valence-corrected chi connectivity index (χ3v) is 5.44. The molecule has 2 aliphatic heterocycles. The Morgan fingerprint density at radius 2 is 1.86 bits per heavy atom. The average Bonchev–Trinajstić information content (AvgIpc) is 3.18. The first-order chi connectivity index (χ1) is 13.5. The van der Waals surface area contributed by atoms with E-state index < -0.39 is 6.29 Å². The first-order valence-electron chi connectivity index (χ1n) is 9.57. The Morgan fingerprint density at radius 3 is 2.57 bits per heavy atom. The predicted molar refractivity (Wildman–Crippen MR) is 117 cm³/mol. The zero-order chi connectivity index (χ0) is 19.7. The maximum absolute atomic E-state index is 6.17. The molecule has 146 valence electrons. The zero-order valence-corrected chi connectivity index (χ0v) is 16.9. The number of hydrogen-bond acceptors (Lipinski definition) is 6. The van der Waals surface area contributed by atoms with Gasteiger partial charge in [-0.15, -0.1) is 0 Å². The molecule has 0 saturated carbocycles. The molecule has 0 amide bonds. The van der Waals surface area contributed by atoms with E-state index in [-0.39, 0.29) is 5.96 Å². The lowest BCUT2D eigenvalue weighted by molar-refractivity contribution is 0.497. The van der Waals surface area contributed by atoms with Gasteiger partial charge in [-0.2, -0.15) is 4.99 Å². The van der Waals surface area contributed by atoms with Crippen molar-refractivity contribution in [3.63, 3.8) is 0 Å². The summed E-state index contributed by atoms with van der Waals surface area (Å²) >= 11 is 6.17. The smallest absolute Gasteiger partial charge is 0.222 e. The molecule has 4 rings (SSSR count). The van der Waals surface area contributed by atoms with Crippen molar-refractivity contribution < 1.29 is 0 Å². The summed E-state index contributed by atoms with van der Waals surface area (Å²) < 4.78 is 0. The number of aryl methyl sites for hydroxylation is 2. The van der Waals surface area contributed by atoms with E-state index in [9.17, 15) is 0 Å². The van der Waals surface area contributed by atoms with Crippen LogP contribution in [0.4, 0.5) is 11.4 Å². The Labute approximate surface area is 170 Å². The zero-order valence-electron chi connectivity index (χ0n) is 16.2. The average molecular weight is 397 g/mol. The molecule has 3 N–H and O–H groups in total. The fraction of sp³-hybridized carbons (Fsp3) is 0.333. The van der Waals surface area contributed by atoms with Crippen LogP contribution in [0.25, 0.3) is 0 Å². The molecule has 0 bridgehead atoms. The number of hydrogen-bond donors (Lipinski definition) is 2. The molecule has 1 fully saturated rings. The number of guanidine groups is 2. The van der Waals surface area contributed by atoms with Gasteiger partial charge in [0.1, 0.15) is 0 Å². The highest BCUT2D eigenvalue weighted by molar-refractivity contribution is 6.30. The van der Waals surface area contributed by atoms with Gasteiger partial charge in [0.05, 0.1) is 0 Å². The van der Waals surface area contributed by atoms with E-state index in [0.29, 0.717) is 5.02 Å². The second-order valence-corrected chi connectivity index (χ2v) is 7.70. The van der Waals surface area contributed by atoms with E-state index in [1.54, 1.807) is 0 Å². The van der Waals surface area contributed by atoms with Crippen molar-refractivity contribution in [2.75, 3.05) is 23.3 Å². The summed E-state index contributed by atoms with van der Waals surface area (Å²) in [5, 5.41) is 4.12. The topological polar surface area (TPSA) is 69.2 Å². The lowest BCUT2D eigenvalue weighted by Gasteiger charge is -2.38. The van der Waals surface area contributed by atoms with E-state index in [1.165, 1.54) is 11.1 Å². The number of nitrogens with two attached hydrogens (primary N) is 1. The van der Waals surface area contributed by atoms with Gasteiger partial charge in [-0.25, -0.2) is 4.99 Å². The largest absolute Gasteiger partial charge is 0.368 e. The van der Waals surface area contributed by atoms with Crippen molar-refractivity contribution in [1.82, 2.24) is 4.90 Å². The Balaban J connectivity index is 1.75. The van der Waals surface area contributed by atoms with Gasteiger partial charge in [-0.3, -0.25) is 4.90 Å². The number of anilines is 2. The van der Waals surface area contributed by atoms with Gasteiger partial charge < -0.3 is 16.0 Å². The molecule has 1 unspecified atom stereocenters. The van der Waals surface area contributed by atoms with Crippen LogP contribution in [0.5, 0.6) is 0 Å². The molecular formula is C21H25ClN6. The molecular weight excluding hydrogens is 372 g/mol. The van der Waals surface area contributed by atoms with E-state index in [1.807, 2.05) is 24.3 Å². The van der Waals surface area contributed by atoms with Gasteiger partial charge in [-0.05, 0) is 68.1 Å². The highest BCUT2D eigenvalue weighted by Crippen LogP contribution is 2.27. The van der Waals surface area contributed by atoms with Crippen molar-refractivity contribution in [3.8, 4) is 0 Å². The van der Waals surface area contributed by atoms with Gasteiger partial charge in [-0.1, -0.05) is 23.7 Å². The number of rotatable bonds is 3. The summed E-state index contributed by atoms with van der Waals surface area (Å²) in [6.07, 6.45) is 1.90. The number of aliphatic imine (C=N–C) groups is 2. The van der Waals surface area contributed by atoms with Crippen LogP contribution < -0.4 is 16.0 Å². The maximum atomic E-state index is 6.17. The Morgan fingerprint density at radius 1 is 1.07 bits per heavy atom. The van der Waals surface area contributed by atoms with Gasteiger partial charge in [0.15, 0.2) is 0 Å². The van der Waals surface area contributed by atoms with Crippen LogP contribution >= 0.6 is 11.6 Å². The third-order valence-electron chi connectivity index (χ3n) is 5.21. The molecule has 0 aromatic heterocycles. The maximum Gasteiger partial charge on any atom is 0.222 e. The predicted octanol–water partition coefficient (Wildman–Crippen LogP) is 3.94. The molecule has 1 saturated heterocycles. The van der Waals surface area contributed by atoms with Gasteiger partial charge in [0.25, 0.3) is 0 Å². The van der Waals surface area contributed by atoms with Gasteiger partial charge >= 0.3 is 0 Å². The standard InChI is InChI=1S/C21H25ClN6/c1-14-8-9-18(12-15(14)2)28-20(24-17-7-5-6-16(22)13-17)25-19(23)26-21(28)27-10-3-4-11-27/h5-9,12-13,20,24H,3-4,10-11H2,1-2H3,(H2,23,25). The molecule has 6 nitrogen and oxygen atoms in total. The molecule has 7 heteroatoms. The monoisotopic (exact) mass is 396 g/mol. The van der Waals surface area contributed by atoms with Crippen LogP contribution in [0.1, 0.15) is 24.0 Å². The van der Waals surface area contributed by atoms with Crippen LogP contribution in [0.2, 0.25) is 5.02 Å². The van der Waals surface area contributed by atoms with Crippen molar-refractivity contribution in [2.45, 2.75) is 33.0 Å². The molecule has 0 spiro atoms. The summed E-state index contributed by atoms with van der Waals surface area (Å²) in [4.78, 5) is 13.6. The normalized spacial score (nSPS) is 19.5. The number of benzene rings is 2. The minimum absolute atomic E-state index is 0.279. The summed E-state index contributed by atoms with van der Waals surface area (Å²) in [7, 11) is 0. The Hall–Kier alpha value is -2.73. The number of likely N-dealkylation sites (tertiary alicyclic amines) is 1. The van der Waals surface area contributed by atoms with Crippen molar-refractivity contribution in [2.24, 2.45) is 15.7 Å². The van der Waals surface area contributed by atoms with Gasteiger partial charge in [0.2, 0.25) is 18.2 Å². The second-order valence-electron chi connectivity index (χ2n) is 7.26. The van der Waals surface area contributed by atoms with Crippen molar-refractivity contribution in [3.05, 3.63) is 58.6 Å². The van der Waals surface area contributed by atoms with Crippen molar-refractivity contribution >= 4 is 34.9 Å². The summed E-state index contributed by atoms with van der Waals surface area (Å²) in [5.41, 5.74) is 10.5. The fourth-order valence-corrected chi connectivity index (χ4v) is 3.76. The van der Waals surface area contributed by atoms with Crippen LogP contribution in [-0.2, 0) is 0 Å². The minimum atomic E-state index is -0.409. The quantitative estimate of drug-likeness (QED) is 0.824. The first kappa shape index (κ1) is 18.6. The fourth-order valence-electron chi connectivity index (χ4n) is 3.57. The summed E-state index contributed by atoms with van der Waals surface area (Å²) in [5.74, 6) is 1.12. The van der Waals surface area contributed by atoms with E-state index in [4.69, 9.17) is 17.3 Å². The molecule has 0 radical (unpaired) electrons. The van der Waals surface area contributed by atoms with E-state index in [2.05, 4.69) is 57.1 Å². The van der Waals surface area contributed by atoms with E-state index >= 15 is 0 Å². The SMILES string of the molecule is Cc1ccc(N2C(N3CCCC3)=NC(N)=NC2Nc2cccc(Cl)c2)cc1C. The molecule has 0 aliphatic carbocycles. The molecule has 2 aliphatic rings. The van der Waals surface area contributed by atoms with Crippen molar-refractivity contribution in [1.29, 1.82) is 0 Å². The van der Waals surface area contributed by atoms with E-state index in [0.717, 1.165) is 43.3 Å². The third kappa shape index (κ3) is 3.78. The van der Waals surface area contributed by atoms with Crippen LogP contribution in [0, 0.1) is 13.8 Å². The summed E-state index contributed by atoms with van der Waals surface area (Å²) in [6.45, 7) is 6.17. The number of halogens is 1. The molecule has 2 aromatic carbocycles. The van der Waals surface area contributed by atoms with Crippen LogP contribution in [-0.4, -0.2) is 36.2 Å². The lowest BCUT2D eigenvalue weighted by Crippen LogP contribution is -2.54. The minimum Gasteiger partial charge on any atom is -0.368 e. The van der Waals surface area contributed by atoms with Crippen LogP contribution in [0.15, 0.2) is 52.4 Å². The second kappa shape index (κ2) is 7.72. The molecule has 28 heavy (non-hydrogen) atoms. The van der Waals surface area contributed by atoms with Gasteiger partial charge in [0, 0.05) is 29.5 Å². The molecule has 1 atom stereocenters. The summed E-state index contributed by atoms with van der Waals surface area (Å²) in [6, 6.07) is 14.0. The number of nitrogens with zero attached hydrogens (tertiary/aromatic N) is 4. The van der Waals surface area contributed by atoms with Crippen LogP contribution in [0.3, 0.4) is 0 Å². The lowest BCUT2D eigenvalue weighted by atomic mass is 10.1. The molecule has 2 heterocycles. The Bertz CT molecular complexity index is 932. The Kier molecular flexibility index (Phi) is 5.13. The highest BCUT2D eigenvalue weighted by Gasteiger charge is 2.32. The first-order valence-corrected chi connectivity index (χ1v) is 9.94.